The second-order valence-electron chi connectivity index (χ2n) is 9.55. The SMILES string of the molecule is CO[C@@H]1O[C@H](CO)[C@@H](O)[C@@H]2O[C@@H]3O[C@@H](C)[C@H](O)[C@@H](O[C@@H]4O[C@@H](C(=O)NCC(=O)N[C@@H]12)[C@H](O)[C@@H](O)[C@H]4O)[C@H]3O. The summed E-state index contributed by atoms with van der Waals surface area (Å²) in [6, 6.07) is -1.26. The van der Waals surface area contributed by atoms with Crippen molar-refractivity contribution in [3.63, 3.8) is 0 Å². The molecule has 9 N–H and O–H groups in total. The summed E-state index contributed by atoms with van der Waals surface area (Å²) < 4.78 is 33.2. The molecule has 17 heteroatoms. The van der Waals surface area contributed by atoms with Gasteiger partial charge in [-0.3, -0.25) is 9.59 Å². The summed E-state index contributed by atoms with van der Waals surface area (Å²) in [7, 11) is 1.24. The molecule has 4 fully saturated rings. The Bertz CT molecular complexity index is 851. The molecule has 0 aromatic carbocycles. The molecule has 4 rings (SSSR count). The van der Waals surface area contributed by atoms with Gasteiger partial charge in [0.05, 0.1) is 19.3 Å². The lowest BCUT2D eigenvalue weighted by Crippen LogP contribution is -2.68. The molecule has 218 valence electrons. The zero-order valence-corrected chi connectivity index (χ0v) is 20.5. The van der Waals surface area contributed by atoms with Crippen LogP contribution in [0.3, 0.4) is 0 Å². The standard InChI is InChI=1S/C21H34N2O15/c1-5-9(26)16-14(31)21(34-5)36-15-8(19(33-2)35-6(4-24)10(15)27)23-7(25)3-22-18(32)17-12(29)11(28)13(30)20(37-16)38-17/h5-6,8-17,19-21,24,26-31H,3-4H2,1-2H3,(H,22,32)(H,23,25)/t5-,6+,8+,9-,10+,11+,12+,13+,14+,15+,16+,17+,19+,20+,21-/m0/s1. The molecule has 4 saturated heterocycles. The number of ether oxygens (including phenoxy) is 6. The molecule has 15 atom stereocenters. The van der Waals surface area contributed by atoms with Gasteiger partial charge in [0, 0.05) is 7.11 Å². The van der Waals surface area contributed by atoms with Crippen LogP contribution in [0.5, 0.6) is 0 Å². The Morgan fingerprint density at radius 1 is 0.816 bits per heavy atom. The van der Waals surface area contributed by atoms with Crippen molar-refractivity contribution in [2.24, 2.45) is 0 Å². The number of methoxy groups -OCH3 is 1. The van der Waals surface area contributed by atoms with Gasteiger partial charge in [0.25, 0.3) is 5.91 Å². The number of hydrogen-bond donors (Lipinski definition) is 9. The summed E-state index contributed by atoms with van der Waals surface area (Å²) in [6.07, 6.45) is -22.4. The molecular formula is C21H34N2O15. The Labute approximate surface area is 216 Å². The number of carbonyl (C=O) groups excluding carboxylic acids is 2. The highest BCUT2D eigenvalue weighted by Crippen LogP contribution is 2.32. The molecule has 4 bridgehead atoms. The van der Waals surface area contributed by atoms with Crippen LogP contribution in [0.25, 0.3) is 0 Å². The molecule has 0 aromatic rings. The largest absolute Gasteiger partial charge is 0.394 e. The van der Waals surface area contributed by atoms with Gasteiger partial charge in [0.1, 0.15) is 61.0 Å². The monoisotopic (exact) mass is 554 g/mol. The van der Waals surface area contributed by atoms with Crippen LogP contribution in [-0.4, -0.2) is 160 Å². The Kier molecular flexibility index (Phi) is 9.20. The summed E-state index contributed by atoms with van der Waals surface area (Å²) >= 11 is 0. The van der Waals surface area contributed by atoms with Gasteiger partial charge in [-0.1, -0.05) is 0 Å². The summed E-state index contributed by atoms with van der Waals surface area (Å²) in [5.74, 6) is -1.87. The Hall–Kier alpha value is -1.58. The van der Waals surface area contributed by atoms with Gasteiger partial charge < -0.3 is 74.8 Å². The fourth-order valence-corrected chi connectivity index (χ4v) is 4.85. The number of fused-ring (bicyclic) bond motifs is 5. The van der Waals surface area contributed by atoms with E-state index in [1.165, 1.54) is 14.0 Å². The fourth-order valence-electron chi connectivity index (χ4n) is 4.85. The van der Waals surface area contributed by atoms with E-state index in [1.54, 1.807) is 0 Å². The Morgan fingerprint density at radius 2 is 1.47 bits per heavy atom. The Balaban J connectivity index is 1.71. The van der Waals surface area contributed by atoms with E-state index in [-0.39, 0.29) is 0 Å². The molecule has 0 radical (unpaired) electrons. The quantitative estimate of drug-likeness (QED) is 0.154. The van der Waals surface area contributed by atoms with Gasteiger partial charge in [-0.15, -0.1) is 0 Å². The average molecular weight is 555 g/mol. The van der Waals surface area contributed by atoms with Gasteiger partial charge in [0.15, 0.2) is 25.0 Å². The van der Waals surface area contributed by atoms with Gasteiger partial charge in [-0.25, -0.2) is 0 Å². The highest BCUT2D eigenvalue weighted by atomic mass is 16.7. The van der Waals surface area contributed by atoms with Crippen LogP contribution < -0.4 is 10.6 Å². The molecule has 4 heterocycles. The van der Waals surface area contributed by atoms with Crippen LogP contribution >= 0.6 is 0 Å². The number of aliphatic hydroxyl groups is 7. The van der Waals surface area contributed by atoms with Crippen LogP contribution in [0.15, 0.2) is 0 Å². The number of carbonyl (C=O) groups is 2. The first-order valence-corrected chi connectivity index (χ1v) is 12.0. The van der Waals surface area contributed by atoms with Crippen LogP contribution in [0.2, 0.25) is 0 Å². The topological polar surface area (TPSA) is 255 Å². The third-order valence-corrected chi connectivity index (χ3v) is 7.03. The predicted molar refractivity (Wildman–Crippen MR) is 116 cm³/mol. The number of amides is 2. The Morgan fingerprint density at radius 3 is 2.13 bits per heavy atom. The van der Waals surface area contributed by atoms with Crippen molar-refractivity contribution in [2.45, 2.75) is 99.0 Å². The third kappa shape index (κ3) is 5.52. The molecule has 0 spiro atoms. The molecular weight excluding hydrogens is 520 g/mol. The molecule has 2 amide bonds. The van der Waals surface area contributed by atoms with Crippen molar-refractivity contribution < 1.29 is 73.8 Å². The molecule has 38 heavy (non-hydrogen) atoms. The molecule has 17 nitrogen and oxygen atoms in total. The van der Waals surface area contributed by atoms with Crippen molar-refractivity contribution >= 4 is 11.8 Å². The molecule has 4 aliphatic rings. The molecule has 0 aliphatic carbocycles. The summed E-state index contributed by atoms with van der Waals surface area (Å²) in [5.41, 5.74) is 0. The minimum absolute atomic E-state index is 0.657. The lowest BCUT2D eigenvalue weighted by Gasteiger charge is -2.48. The van der Waals surface area contributed by atoms with E-state index in [1.807, 2.05) is 0 Å². The second-order valence-corrected chi connectivity index (χ2v) is 9.55. The van der Waals surface area contributed by atoms with E-state index in [0.717, 1.165) is 0 Å². The van der Waals surface area contributed by atoms with Crippen LogP contribution in [0.4, 0.5) is 0 Å². The molecule has 0 aromatic heterocycles. The lowest BCUT2D eigenvalue weighted by molar-refractivity contribution is -0.367. The van der Waals surface area contributed by atoms with Gasteiger partial charge in [-0.2, -0.15) is 0 Å². The third-order valence-electron chi connectivity index (χ3n) is 7.03. The van der Waals surface area contributed by atoms with Gasteiger partial charge in [-0.05, 0) is 6.92 Å². The van der Waals surface area contributed by atoms with Crippen LogP contribution in [-0.2, 0) is 38.0 Å². The number of aliphatic hydroxyl groups excluding tert-OH is 7. The van der Waals surface area contributed by atoms with Crippen LogP contribution in [0, 0.1) is 0 Å². The van der Waals surface area contributed by atoms with Crippen molar-refractivity contribution in [1.29, 1.82) is 0 Å². The zero-order chi connectivity index (χ0) is 27.9. The van der Waals surface area contributed by atoms with E-state index in [2.05, 4.69) is 10.6 Å². The maximum atomic E-state index is 12.7. The summed E-state index contributed by atoms with van der Waals surface area (Å²) in [6.45, 7) is 0.0871. The summed E-state index contributed by atoms with van der Waals surface area (Å²) in [5, 5.41) is 77.9. The summed E-state index contributed by atoms with van der Waals surface area (Å²) in [4.78, 5) is 25.4. The van der Waals surface area contributed by atoms with Crippen molar-refractivity contribution in [3.05, 3.63) is 0 Å². The fraction of sp³-hybridized carbons (Fsp3) is 0.905. The van der Waals surface area contributed by atoms with Crippen molar-refractivity contribution in [2.75, 3.05) is 20.3 Å². The molecule has 0 saturated carbocycles. The highest BCUT2D eigenvalue weighted by molar-refractivity contribution is 5.87. The number of nitrogens with one attached hydrogen (secondary N) is 2. The highest BCUT2D eigenvalue weighted by Gasteiger charge is 2.54. The zero-order valence-electron chi connectivity index (χ0n) is 20.5. The first kappa shape index (κ1) is 29.4. The minimum atomic E-state index is -1.93. The predicted octanol–water partition coefficient (Wildman–Crippen LogP) is -6.63. The lowest BCUT2D eigenvalue weighted by atomic mass is 9.95. The average Bonchev–Trinajstić information content (AvgIpc) is 2.89. The van der Waals surface area contributed by atoms with Gasteiger partial charge in [0.2, 0.25) is 5.91 Å². The van der Waals surface area contributed by atoms with E-state index in [4.69, 9.17) is 28.4 Å². The first-order valence-electron chi connectivity index (χ1n) is 12.0. The van der Waals surface area contributed by atoms with Crippen LogP contribution in [0.1, 0.15) is 6.92 Å². The van der Waals surface area contributed by atoms with E-state index in [0.29, 0.717) is 0 Å². The maximum Gasteiger partial charge on any atom is 0.252 e. The minimum Gasteiger partial charge on any atom is -0.394 e. The molecule has 0 unspecified atom stereocenters. The smallest absolute Gasteiger partial charge is 0.252 e. The van der Waals surface area contributed by atoms with Gasteiger partial charge >= 0.3 is 0 Å². The number of hydrogen-bond acceptors (Lipinski definition) is 15. The van der Waals surface area contributed by atoms with E-state index < -0.39 is 117 Å². The van der Waals surface area contributed by atoms with E-state index in [9.17, 15) is 45.3 Å². The molecule has 4 aliphatic heterocycles. The normalized spacial score (nSPS) is 50.6. The number of rotatable bonds is 2. The van der Waals surface area contributed by atoms with Crippen molar-refractivity contribution in [3.8, 4) is 0 Å². The van der Waals surface area contributed by atoms with Crippen molar-refractivity contribution in [1.82, 2.24) is 10.6 Å². The maximum absolute atomic E-state index is 12.7. The first-order chi connectivity index (χ1) is 18.0. The second kappa shape index (κ2) is 11.9. The van der Waals surface area contributed by atoms with E-state index >= 15 is 0 Å².